The van der Waals surface area contributed by atoms with Crippen molar-refractivity contribution < 1.29 is 4.92 Å². The quantitative estimate of drug-likeness (QED) is 0.581. The molecule has 0 atom stereocenters. The molecule has 0 spiro atoms. The number of anilines is 1. The van der Waals surface area contributed by atoms with Crippen LogP contribution >= 0.6 is 0 Å². The fraction of sp³-hybridized carbons (Fsp3) is 0.125. The number of nitrogens with zero attached hydrogens (tertiary/aromatic N) is 5. The van der Waals surface area contributed by atoms with Crippen LogP contribution in [0.15, 0.2) is 18.5 Å². The first kappa shape index (κ1) is 10.0. The highest BCUT2D eigenvalue weighted by molar-refractivity contribution is 5.59. The van der Waals surface area contributed by atoms with E-state index < -0.39 is 4.92 Å². The van der Waals surface area contributed by atoms with Crippen molar-refractivity contribution in [1.82, 2.24) is 20.0 Å². The lowest BCUT2D eigenvalue weighted by Gasteiger charge is -2.03. The third kappa shape index (κ3) is 1.56. The molecule has 0 aromatic carbocycles. The maximum absolute atomic E-state index is 10.7. The van der Waals surface area contributed by atoms with Crippen molar-refractivity contribution in [3.63, 3.8) is 0 Å². The van der Waals surface area contributed by atoms with E-state index in [4.69, 9.17) is 5.73 Å². The molecule has 0 unspecified atom stereocenters. The summed E-state index contributed by atoms with van der Waals surface area (Å²) in [4.78, 5) is 15.2. The van der Waals surface area contributed by atoms with Gasteiger partial charge in [-0.1, -0.05) is 0 Å². The lowest BCUT2D eigenvalue weighted by Crippen LogP contribution is -2.07. The molecule has 0 bridgehead atoms. The number of nitrogen functional groups attached to an aromatic ring is 1. The molecule has 0 amide bonds. The van der Waals surface area contributed by atoms with E-state index in [1.807, 2.05) is 0 Å². The molecule has 0 saturated heterocycles. The molecule has 8 nitrogen and oxygen atoms in total. The van der Waals surface area contributed by atoms with E-state index in [-0.39, 0.29) is 11.5 Å². The summed E-state index contributed by atoms with van der Waals surface area (Å²) < 4.78 is 0. The van der Waals surface area contributed by atoms with Gasteiger partial charge in [-0.2, -0.15) is 10.2 Å². The van der Waals surface area contributed by atoms with Gasteiger partial charge in [0.25, 0.3) is 0 Å². The first-order chi connectivity index (χ1) is 7.59. The van der Waals surface area contributed by atoms with Gasteiger partial charge in [-0.05, 0) is 13.0 Å². The Morgan fingerprint density at radius 2 is 2.06 bits per heavy atom. The summed E-state index contributed by atoms with van der Waals surface area (Å²) in [6.07, 6.45) is 2.96. The first-order valence-corrected chi connectivity index (χ1v) is 4.38. The molecule has 8 heteroatoms. The Bertz CT molecular complexity index is 512. The summed E-state index contributed by atoms with van der Waals surface area (Å²) in [5, 5.41) is 18.4. The summed E-state index contributed by atoms with van der Waals surface area (Å²) in [5.74, 6) is 0.211. The number of nitrogens with two attached hydrogens (primary N) is 1. The van der Waals surface area contributed by atoms with Crippen LogP contribution in [0.1, 0.15) is 5.56 Å². The summed E-state index contributed by atoms with van der Waals surface area (Å²) in [6.45, 7) is 1.59. The molecule has 2 heterocycles. The molecule has 2 rings (SSSR count). The zero-order valence-corrected chi connectivity index (χ0v) is 8.36. The van der Waals surface area contributed by atoms with Gasteiger partial charge < -0.3 is 5.73 Å². The second kappa shape index (κ2) is 3.57. The molecule has 0 aliphatic heterocycles. The highest BCUT2D eigenvalue weighted by Gasteiger charge is 2.18. The Morgan fingerprint density at radius 3 is 2.56 bits per heavy atom. The topological polar surface area (TPSA) is 113 Å². The van der Waals surface area contributed by atoms with Crippen LogP contribution in [-0.2, 0) is 0 Å². The van der Waals surface area contributed by atoms with E-state index in [9.17, 15) is 10.1 Å². The van der Waals surface area contributed by atoms with E-state index in [1.54, 1.807) is 6.92 Å². The lowest BCUT2D eigenvalue weighted by molar-refractivity contribution is -0.384. The molecule has 0 fully saturated rings. The molecule has 2 aromatic rings. The Balaban J connectivity index is 2.58. The predicted molar refractivity (Wildman–Crippen MR) is 55.0 cm³/mol. The van der Waals surface area contributed by atoms with Crippen LogP contribution in [-0.4, -0.2) is 24.9 Å². The lowest BCUT2D eigenvalue weighted by atomic mass is 10.2. The molecule has 0 saturated carbocycles. The zero-order chi connectivity index (χ0) is 11.7. The predicted octanol–water partition coefficient (Wildman–Crippen LogP) is 0.461. The van der Waals surface area contributed by atoms with Gasteiger partial charge >= 0.3 is 5.69 Å². The van der Waals surface area contributed by atoms with Crippen LogP contribution in [0.5, 0.6) is 0 Å². The van der Waals surface area contributed by atoms with Gasteiger partial charge in [-0.15, -0.1) is 4.80 Å². The number of aromatic nitrogens is 4. The average Bonchev–Trinajstić information content (AvgIpc) is 2.67. The van der Waals surface area contributed by atoms with Gasteiger partial charge in [-0.3, -0.25) is 10.1 Å². The van der Waals surface area contributed by atoms with Gasteiger partial charge in [0, 0.05) is 5.56 Å². The molecule has 0 aliphatic carbocycles. The largest absolute Gasteiger partial charge is 0.378 e. The maximum atomic E-state index is 10.7. The smallest absolute Gasteiger partial charge is 0.314 e. The van der Waals surface area contributed by atoms with Crippen molar-refractivity contribution in [2.45, 2.75) is 6.92 Å². The summed E-state index contributed by atoms with van der Waals surface area (Å²) in [6, 6.07) is 1.51. The Morgan fingerprint density at radius 1 is 1.44 bits per heavy atom. The SMILES string of the molecule is Cc1cc(-n2nccn2)nc(N)c1[N+](=O)[O-]. The minimum absolute atomic E-state index is 0.141. The number of aryl methyl sites for hydroxylation is 1. The molecule has 0 radical (unpaired) electrons. The third-order valence-electron chi connectivity index (χ3n) is 2.00. The van der Waals surface area contributed by atoms with Crippen molar-refractivity contribution in [2.24, 2.45) is 0 Å². The van der Waals surface area contributed by atoms with Gasteiger partial charge in [-0.25, -0.2) is 4.98 Å². The Kier molecular flexibility index (Phi) is 2.24. The average molecular weight is 220 g/mol. The van der Waals surface area contributed by atoms with Crippen LogP contribution in [0.25, 0.3) is 5.82 Å². The minimum atomic E-state index is -0.558. The molecule has 2 aromatic heterocycles. The van der Waals surface area contributed by atoms with Crippen LogP contribution in [0, 0.1) is 17.0 Å². The van der Waals surface area contributed by atoms with Crippen LogP contribution in [0.3, 0.4) is 0 Å². The summed E-state index contributed by atoms with van der Waals surface area (Å²) in [7, 11) is 0. The van der Waals surface area contributed by atoms with Crippen molar-refractivity contribution >= 4 is 11.5 Å². The highest BCUT2D eigenvalue weighted by Crippen LogP contribution is 2.25. The molecular weight excluding hydrogens is 212 g/mol. The zero-order valence-electron chi connectivity index (χ0n) is 8.36. The van der Waals surface area contributed by atoms with Crippen molar-refractivity contribution in [3.05, 3.63) is 34.1 Å². The molecule has 0 aliphatic rings. The molecule has 2 N–H and O–H groups in total. The third-order valence-corrected chi connectivity index (χ3v) is 2.00. The van der Waals surface area contributed by atoms with E-state index in [0.717, 1.165) is 0 Å². The molecular formula is C8H8N6O2. The van der Waals surface area contributed by atoms with E-state index in [2.05, 4.69) is 15.2 Å². The van der Waals surface area contributed by atoms with Gasteiger partial charge in [0.1, 0.15) is 0 Å². The fourth-order valence-corrected chi connectivity index (χ4v) is 1.35. The second-order valence-electron chi connectivity index (χ2n) is 3.11. The number of rotatable bonds is 2. The van der Waals surface area contributed by atoms with Crippen LogP contribution in [0.4, 0.5) is 11.5 Å². The number of hydrogen-bond acceptors (Lipinski definition) is 6. The standard InChI is InChI=1S/C8H8N6O2/c1-5-4-6(13-10-2-3-11-13)12-8(9)7(5)14(15)16/h2-4H,1H3,(H2,9,12). The Labute approximate surface area is 89.9 Å². The summed E-state index contributed by atoms with van der Waals surface area (Å²) in [5.41, 5.74) is 5.74. The number of hydrogen-bond donors (Lipinski definition) is 1. The van der Waals surface area contributed by atoms with Crippen molar-refractivity contribution in [2.75, 3.05) is 5.73 Å². The Hall–Kier alpha value is -2.51. The van der Waals surface area contributed by atoms with E-state index in [1.165, 1.54) is 23.3 Å². The minimum Gasteiger partial charge on any atom is -0.378 e. The van der Waals surface area contributed by atoms with E-state index >= 15 is 0 Å². The van der Waals surface area contributed by atoms with E-state index in [0.29, 0.717) is 11.4 Å². The van der Waals surface area contributed by atoms with Gasteiger partial charge in [0.05, 0.1) is 17.3 Å². The van der Waals surface area contributed by atoms with Crippen LogP contribution < -0.4 is 5.73 Å². The van der Waals surface area contributed by atoms with Gasteiger partial charge in [0.2, 0.25) is 5.82 Å². The van der Waals surface area contributed by atoms with Gasteiger partial charge in [0.15, 0.2) is 5.82 Å². The highest BCUT2D eigenvalue weighted by atomic mass is 16.6. The molecule has 82 valence electrons. The number of nitro groups is 1. The summed E-state index contributed by atoms with van der Waals surface area (Å²) >= 11 is 0. The van der Waals surface area contributed by atoms with Crippen molar-refractivity contribution in [3.8, 4) is 5.82 Å². The number of pyridine rings is 1. The fourth-order valence-electron chi connectivity index (χ4n) is 1.35. The maximum Gasteiger partial charge on any atom is 0.314 e. The first-order valence-electron chi connectivity index (χ1n) is 4.38. The monoisotopic (exact) mass is 220 g/mol. The second-order valence-corrected chi connectivity index (χ2v) is 3.11. The normalized spacial score (nSPS) is 10.3. The van der Waals surface area contributed by atoms with Crippen molar-refractivity contribution in [1.29, 1.82) is 0 Å². The molecule has 16 heavy (non-hydrogen) atoms. The van der Waals surface area contributed by atoms with Crippen LogP contribution in [0.2, 0.25) is 0 Å².